The molecule has 0 aliphatic heterocycles. The highest BCUT2D eigenvalue weighted by atomic mass is 35.5. The van der Waals surface area contributed by atoms with Crippen LogP contribution in [0.1, 0.15) is 15.9 Å². The molecule has 0 saturated heterocycles. The lowest BCUT2D eigenvalue weighted by molar-refractivity contribution is -0.114. The summed E-state index contributed by atoms with van der Waals surface area (Å²) in [4.78, 5) is 22.1. The van der Waals surface area contributed by atoms with E-state index in [1.165, 1.54) is 0 Å². The van der Waals surface area contributed by atoms with E-state index in [2.05, 4.69) is 0 Å². The van der Waals surface area contributed by atoms with Crippen molar-refractivity contribution in [1.82, 2.24) is 0 Å². The van der Waals surface area contributed by atoms with Crippen molar-refractivity contribution in [2.75, 3.05) is 0 Å². The highest BCUT2D eigenvalue weighted by molar-refractivity contribution is 6.47. The van der Waals surface area contributed by atoms with Gasteiger partial charge in [-0.05, 0) is 23.8 Å². The molecule has 0 aromatic heterocycles. The van der Waals surface area contributed by atoms with E-state index in [1.54, 1.807) is 18.2 Å². The Labute approximate surface area is 74.1 Å². The van der Waals surface area contributed by atoms with Gasteiger partial charge in [0.2, 0.25) is 11.6 Å². The van der Waals surface area contributed by atoms with Gasteiger partial charge in [0.15, 0.2) is 0 Å². The van der Waals surface area contributed by atoms with E-state index in [0.717, 1.165) is 5.56 Å². The van der Waals surface area contributed by atoms with Crippen molar-refractivity contribution < 1.29 is 9.59 Å². The van der Waals surface area contributed by atoms with Crippen molar-refractivity contribution in [1.29, 1.82) is 0 Å². The van der Waals surface area contributed by atoms with Crippen molar-refractivity contribution in [2.24, 2.45) is 0 Å². The molecule has 0 amide bonds. The molecule has 3 heteroatoms. The molecule has 2 rings (SSSR count). The summed E-state index contributed by atoms with van der Waals surface area (Å²) in [5.41, 5.74) is 1.25. The summed E-state index contributed by atoms with van der Waals surface area (Å²) < 4.78 is 0. The predicted octanol–water partition coefficient (Wildman–Crippen LogP) is 1.65. The van der Waals surface area contributed by atoms with E-state index >= 15 is 0 Å². The number of carbonyl (C=O) groups excluding carboxylic acids is 2. The lowest BCUT2D eigenvalue weighted by atomic mass is 10.1. The maximum absolute atomic E-state index is 11.1. The van der Waals surface area contributed by atoms with Crippen LogP contribution in [-0.4, -0.2) is 11.6 Å². The highest BCUT2D eigenvalue weighted by Gasteiger charge is 2.27. The van der Waals surface area contributed by atoms with Gasteiger partial charge >= 0.3 is 0 Å². The molecule has 0 spiro atoms. The SMILES string of the molecule is O=C1Cc2cc(Cl)ccc2C1=O. The van der Waals surface area contributed by atoms with Crippen LogP contribution in [0.2, 0.25) is 5.02 Å². The number of hydrogen-bond donors (Lipinski definition) is 0. The number of benzene rings is 1. The standard InChI is InChI=1S/C9H5ClO2/c10-6-1-2-7-5(3-6)4-8(11)9(7)12/h1-3H,4H2. The molecule has 0 heterocycles. The van der Waals surface area contributed by atoms with E-state index in [9.17, 15) is 9.59 Å². The fourth-order valence-electron chi connectivity index (χ4n) is 1.33. The van der Waals surface area contributed by atoms with Crippen LogP contribution in [0.25, 0.3) is 0 Å². The maximum atomic E-state index is 11.1. The van der Waals surface area contributed by atoms with Crippen LogP contribution in [-0.2, 0) is 11.2 Å². The summed E-state index contributed by atoms with van der Waals surface area (Å²) in [5, 5.41) is 0.566. The van der Waals surface area contributed by atoms with E-state index in [0.29, 0.717) is 10.6 Å². The minimum atomic E-state index is -0.387. The lowest BCUT2D eigenvalue weighted by Gasteiger charge is -1.94. The minimum absolute atomic E-state index is 0.203. The zero-order valence-corrected chi connectivity index (χ0v) is 6.89. The summed E-state index contributed by atoms with van der Waals surface area (Å²) >= 11 is 5.70. The second-order valence-corrected chi connectivity index (χ2v) is 3.17. The first-order valence-electron chi connectivity index (χ1n) is 3.54. The quantitative estimate of drug-likeness (QED) is 0.569. The van der Waals surface area contributed by atoms with Gasteiger partial charge < -0.3 is 0 Å². The number of Topliss-reactive ketones (excluding diaryl/α,β-unsaturated/α-hetero) is 2. The van der Waals surface area contributed by atoms with Crippen LogP contribution in [0.4, 0.5) is 0 Å². The van der Waals surface area contributed by atoms with Crippen molar-refractivity contribution in [3.05, 3.63) is 34.3 Å². The maximum Gasteiger partial charge on any atom is 0.229 e. The molecule has 60 valence electrons. The molecule has 0 fully saturated rings. The first kappa shape index (κ1) is 7.50. The van der Waals surface area contributed by atoms with Gasteiger partial charge in [-0.2, -0.15) is 0 Å². The lowest BCUT2D eigenvalue weighted by Crippen LogP contribution is -2.05. The van der Waals surface area contributed by atoms with Gasteiger partial charge in [-0.25, -0.2) is 0 Å². The Morgan fingerprint density at radius 3 is 2.75 bits per heavy atom. The average molecular weight is 181 g/mol. The number of halogens is 1. The van der Waals surface area contributed by atoms with Crippen molar-refractivity contribution in [3.8, 4) is 0 Å². The van der Waals surface area contributed by atoms with E-state index in [1.807, 2.05) is 0 Å². The molecule has 1 aromatic carbocycles. The molecule has 1 aliphatic carbocycles. The van der Waals surface area contributed by atoms with Gasteiger partial charge in [-0.1, -0.05) is 11.6 Å². The first-order valence-corrected chi connectivity index (χ1v) is 3.92. The monoisotopic (exact) mass is 180 g/mol. The zero-order chi connectivity index (χ0) is 8.72. The van der Waals surface area contributed by atoms with Gasteiger partial charge in [-0.3, -0.25) is 9.59 Å². The molecule has 1 aliphatic rings. The smallest absolute Gasteiger partial charge is 0.229 e. The summed E-state index contributed by atoms with van der Waals surface area (Å²) in [6, 6.07) is 4.89. The third-order valence-electron chi connectivity index (χ3n) is 1.92. The summed E-state index contributed by atoms with van der Waals surface area (Å²) in [6.07, 6.45) is 0.203. The molecular weight excluding hydrogens is 176 g/mol. The Balaban J connectivity index is 2.62. The van der Waals surface area contributed by atoms with Crippen molar-refractivity contribution in [2.45, 2.75) is 6.42 Å². The molecule has 0 unspecified atom stereocenters. The Kier molecular flexibility index (Phi) is 1.51. The minimum Gasteiger partial charge on any atom is -0.290 e. The molecule has 0 bridgehead atoms. The Hall–Kier alpha value is -1.15. The van der Waals surface area contributed by atoms with Crippen molar-refractivity contribution >= 4 is 23.2 Å². The van der Waals surface area contributed by atoms with Crippen LogP contribution >= 0.6 is 11.6 Å². The zero-order valence-electron chi connectivity index (χ0n) is 6.13. The number of carbonyl (C=O) groups is 2. The molecule has 0 N–H and O–H groups in total. The molecule has 0 radical (unpaired) electrons. The second-order valence-electron chi connectivity index (χ2n) is 2.73. The topological polar surface area (TPSA) is 34.1 Å². The first-order chi connectivity index (χ1) is 5.68. The predicted molar refractivity (Wildman–Crippen MR) is 44.5 cm³/mol. The van der Waals surface area contributed by atoms with Crippen LogP contribution in [0.3, 0.4) is 0 Å². The molecular formula is C9H5ClO2. The van der Waals surface area contributed by atoms with E-state index < -0.39 is 0 Å². The van der Waals surface area contributed by atoms with Gasteiger partial charge in [0.25, 0.3) is 0 Å². The largest absolute Gasteiger partial charge is 0.290 e. The Morgan fingerprint density at radius 2 is 2.00 bits per heavy atom. The fraction of sp³-hybridized carbons (Fsp3) is 0.111. The number of rotatable bonds is 0. The average Bonchev–Trinajstić information content (AvgIpc) is 2.28. The molecule has 1 aromatic rings. The second kappa shape index (κ2) is 2.42. The Bertz CT molecular complexity index is 382. The van der Waals surface area contributed by atoms with Crippen LogP contribution in [0.15, 0.2) is 18.2 Å². The van der Waals surface area contributed by atoms with E-state index in [4.69, 9.17) is 11.6 Å². The third kappa shape index (κ3) is 0.959. The fourth-order valence-corrected chi connectivity index (χ4v) is 1.53. The summed E-state index contributed by atoms with van der Waals surface area (Å²) in [5.74, 6) is -0.728. The van der Waals surface area contributed by atoms with Crippen LogP contribution in [0, 0.1) is 0 Å². The van der Waals surface area contributed by atoms with Crippen molar-refractivity contribution in [3.63, 3.8) is 0 Å². The number of ketones is 2. The Morgan fingerprint density at radius 1 is 1.25 bits per heavy atom. The van der Waals surface area contributed by atoms with E-state index in [-0.39, 0.29) is 18.0 Å². The highest BCUT2D eigenvalue weighted by Crippen LogP contribution is 2.22. The van der Waals surface area contributed by atoms with Crippen LogP contribution in [0.5, 0.6) is 0 Å². The third-order valence-corrected chi connectivity index (χ3v) is 2.15. The van der Waals surface area contributed by atoms with Gasteiger partial charge in [0.1, 0.15) is 0 Å². The van der Waals surface area contributed by atoms with Gasteiger partial charge in [0, 0.05) is 17.0 Å². The molecule has 0 saturated carbocycles. The molecule has 12 heavy (non-hydrogen) atoms. The molecule has 2 nitrogen and oxygen atoms in total. The summed E-state index contributed by atoms with van der Waals surface area (Å²) in [7, 11) is 0. The van der Waals surface area contributed by atoms with Crippen LogP contribution < -0.4 is 0 Å². The van der Waals surface area contributed by atoms with Gasteiger partial charge in [0.05, 0.1) is 0 Å². The van der Waals surface area contributed by atoms with Gasteiger partial charge in [-0.15, -0.1) is 0 Å². The molecule has 0 atom stereocenters. The summed E-state index contributed by atoms with van der Waals surface area (Å²) in [6.45, 7) is 0. The number of fused-ring (bicyclic) bond motifs is 1. The number of hydrogen-bond acceptors (Lipinski definition) is 2. The normalized spacial score (nSPS) is 15.1.